The van der Waals surface area contributed by atoms with E-state index >= 15 is 0 Å². The second-order valence-electron chi connectivity index (χ2n) is 4.03. The van der Waals surface area contributed by atoms with Crippen molar-refractivity contribution in [1.82, 2.24) is 0 Å². The van der Waals surface area contributed by atoms with E-state index in [0.29, 0.717) is 0 Å². The van der Waals surface area contributed by atoms with Gasteiger partial charge in [-0.25, -0.2) is 0 Å². The van der Waals surface area contributed by atoms with Crippen LogP contribution >= 0.6 is 0 Å². The average Bonchev–Trinajstić information content (AvgIpc) is 2.34. The minimum absolute atomic E-state index is 0.622. The summed E-state index contributed by atoms with van der Waals surface area (Å²) in [5.41, 5.74) is 0. The molecule has 0 radical (unpaired) electrons. The molecule has 7 atom stereocenters. The highest BCUT2D eigenvalue weighted by Crippen LogP contribution is 2.24. The highest BCUT2D eigenvalue weighted by molar-refractivity contribution is 4.96. The summed E-state index contributed by atoms with van der Waals surface area (Å²) in [4.78, 5) is 0. The molecule has 0 amide bonds. The smallest absolute Gasteiger partial charge is 0.115 e. The summed E-state index contributed by atoms with van der Waals surface area (Å²) in [5, 5.41) is 64.8. The third-order valence-electron chi connectivity index (χ3n) is 2.85. The molecule has 102 valence electrons. The molecule has 3 unspecified atom stereocenters. The van der Waals surface area contributed by atoms with Crippen LogP contribution in [0.25, 0.3) is 0 Å². The minimum Gasteiger partial charge on any atom is -0.394 e. The fraction of sp³-hybridized carbons (Fsp3) is 1.00. The van der Waals surface area contributed by atoms with Gasteiger partial charge in [0.15, 0.2) is 0 Å². The molecule has 1 rings (SSSR count). The van der Waals surface area contributed by atoms with Crippen LogP contribution in [-0.2, 0) is 4.74 Å². The Morgan fingerprint density at radius 3 is 2.00 bits per heavy atom. The zero-order valence-corrected chi connectivity index (χ0v) is 8.99. The highest BCUT2D eigenvalue weighted by atomic mass is 16.6. The highest BCUT2D eigenvalue weighted by Gasteiger charge is 2.47. The number of ether oxygens (including phenoxy) is 1. The molecule has 1 saturated heterocycles. The Bertz CT molecular complexity index is 231. The van der Waals surface area contributed by atoms with Gasteiger partial charge in [0, 0.05) is 0 Å². The van der Waals surface area contributed by atoms with E-state index < -0.39 is 55.9 Å². The molecule has 0 bridgehead atoms. The molecule has 0 aliphatic carbocycles. The number of hydrogen-bond acceptors (Lipinski definition) is 8. The summed E-state index contributed by atoms with van der Waals surface area (Å²) in [7, 11) is 0. The molecule has 1 aliphatic heterocycles. The molecule has 0 saturated carbocycles. The predicted molar refractivity (Wildman–Crippen MR) is 52.9 cm³/mol. The quantitative estimate of drug-likeness (QED) is 0.265. The lowest BCUT2D eigenvalue weighted by Crippen LogP contribution is -2.63. The van der Waals surface area contributed by atoms with Gasteiger partial charge in [0.1, 0.15) is 42.7 Å². The number of hydrogen-bond donors (Lipinski definition) is 7. The largest absolute Gasteiger partial charge is 0.394 e. The molecule has 1 aliphatic rings. The maximum Gasteiger partial charge on any atom is 0.115 e. The minimum atomic E-state index is -1.65. The van der Waals surface area contributed by atoms with Crippen molar-refractivity contribution >= 4 is 0 Å². The van der Waals surface area contributed by atoms with Gasteiger partial charge in [-0.1, -0.05) is 0 Å². The lowest BCUT2D eigenvalue weighted by molar-refractivity contribution is -0.258. The normalized spacial score (nSPS) is 42.2. The molecular formula is C9H18O8. The fourth-order valence-corrected chi connectivity index (χ4v) is 1.74. The first kappa shape index (κ1) is 14.7. The van der Waals surface area contributed by atoms with E-state index in [1.165, 1.54) is 0 Å². The lowest BCUT2D eigenvalue weighted by Gasteiger charge is -2.42. The van der Waals surface area contributed by atoms with Crippen molar-refractivity contribution in [2.75, 3.05) is 13.2 Å². The molecule has 1 heterocycles. The van der Waals surface area contributed by atoms with Crippen LogP contribution in [0.4, 0.5) is 0 Å². The van der Waals surface area contributed by atoms with Crippen LogP contribution < -0.4 is 0 Å². The second kappa shape index (κ2) is 6.03. The molecule has 0 spiro atoms. The van der Waals surface area contributed by atoms with Gasteiger partial charge >= 0.3 is 0 Å². The predicted octanol–water partition coefficient (Wildman–Crippen LogP) is -4.46. The van der Waals surface area contributed by atoms with Crippen molar-refractivity contribution < 1.29 is 40.5 Å². The monoisotopic (exact) mass is 254 g/mol. The van der Waals surface area contributed by atoms with Crippen molar-refractivity contribution in [1.29, 1.82) is 0 Å². The SMILES string of the molecule is OCC(O)C(O)C1O[C@H](CO)[C@@H](O)[C@H](O)[C@@H]1O. The van der Waals surface area contributed by atoms with E-state index in [0.717, 1.165) is 0 Å². The summed E-state index contributed by atoms with van der Waals surface area (Å²) >= 11 is 0. The van der Waals surface area contributed by atoms with Gasteiger partial charge in [0.2, 0.25) is 0 Å². The van der Waals surface area contributed by atoms with Crippen LogP contribution in [-0.4, -0.2) is 91.7 Å². The first-order valence-electron chi connectivity index (χ1n) is 5.21. The zero-order chi connectivity index (χ0) is 13.2. The molecule has 0 aromatic rings. The molecule has 8 nitrogen and oxygen atoms in total. The van der Waals surface area contributed by atoms with E-state index in [-0.39, 0.29) is 0 Å². The van der Waals surface area contributed by atoms with Crippen LogP contribution in [0, 0.1) is 0 Å². The Morgan fingerprint density at radius 1 is 0.941 bits per heavy atom. The summed E-state index contributed by atoms with van der Waals surface area (Å²) in [6, 6.07) is 0. The van der Waals surface area contributed by atoms with Crippen molar-refractivity contribution in [3.63, 3.8) is 0 Å². The molecular weight excluding hydrogens is 236 g/mol. The second-order valence-corrected chi connectivity index (χ2v) is 4.03. The van der Waals surface area contributed by atoms with Crippen molar-refractivity contribution in [3.05, 3.63) is 0 Å². The topological polar surface area (TPSA) is 151 Å². The summed E-state index contributed by atoms with van der Waals surface area (Å²) < 4.78 is 4.98. The Labute approximate surface area is 97.3 Å². The Morgan fingerprint density at radius 2 is 1.53 bits per heavy atom. The van der Waals surface area contributed by atoms with Gasteiger partial charge < -0.3 is 40.5 Å². The van der Waals surface area contributed by atoms with E-state index in [1.54, 1.807) is 0 Å². The van der Waals surface area contributed by atoms with Crippen LogP contribution in [0.2, 0.25) is 0 Å². The third kappa shape index (κ3) is 2.92. The van der Waals surface area contributed by atoms with Gasteiger partial charge in [-0.2, -0.15) is 0 Å². The van der Waals surface area contributed by atoms with Gasteiger partial charge in [0.05, 0.1) is 13.2 Å². The lowest BCUT2D eigenvalue weighted by atomic mass is 9.91. The average molecular weight is 254 g/mol. The molecule has 1 fully saturated rings. The van der Waals surface area contributed by atoms with Crippen molar-refractivity contribution in [2.24, 2.45) is 0 Å². The Kier molecular flexibility index (Phi) is 5.22. The molecule has 7 N–H and O–H groups in total. The molecule has 8 heteroatoms. The zero-order valence-electron chi connectivity index (χ0n) is 8.99. The summed E-state index contributed by atoms with van der Waals surface area (Å²) in [6.07, 6.45) is -10.5. The maximum atomic E-state index is 9.57. The maximum absolute atomic E-state index is 9.57. The van der Waals surface area contributed by atoms with Gasteiger partial charge in [-0.15, -0.1) is 0 Å². The Balaban J connectivity index is 2.78. The molecule has 0 aromatic carbocycles. The van der Waals surface area contributed by atoms with Crippen LogP contribution in [0.15, 0.2) is 0 Å². The van der Waals surface area contributed by atoms with Crippen molar-refractivity contribution in [3.8, 4) is 0 Å². The summed E-state index contributed by atoms with van der Waals surface area (Å²) in [6.45, 7) is -1.38. The standard InChI is InChI=1S/C9H18O8/c10-1-3(12)5(13)9-8(16)7(15)6(14)4(2-11)17-9/h3-16H,1-2H2/t3?,4-,5?,6-,7+,8+,9?/m1/s1. The number of rotatable bonds is 4. The first-order chi connectivity index (χ1) is 7.93. The van der Waals surface area contributed by atoms with E-state index in [1.807, 2.05) is 0 Å². The fourth-order valence-electron chi connectivity index (χ4n) is 1.74. The number of aliphatic hydroxyl groups is 7. The third-order valence-corrected chi connectivity index (χ3v) is 2.85. The Hall–Kier alpha value is -0.320. The van der Waals surface area contributed by atoms with Crippen LogP contribution in [0.3, 0.4) is 0 Å². The molecule has 0 aromatic heterocycles. The van der Waals surface area contributed by atoms with E-state index in [4.69, 9.17) is 14.9 Å². The van der Waals surface area contributed by atoms with Crippen LogP contribution in [0.1, 0.15) is 0 Å². The van der Waals surface area contributed by atoms with Gasteiger partial charge in [-0.05, 0) is 0 Å². The summed E-state index contributed by atoms with van der Waals surface area (Å²) in [5.74, 6) is 0. The first-order valence-corrected chi connectivity index (χ1v) is 5.21. The van der Waals surface area contributed by atoms with Gasteiger partial charge in [0.25, 0.3) is 0 Å². The van der Waals surface area contributed by atoms with Crippen LogP contribution in [0.5, 0.6) is 0 Å². The number of aliphatic hydroxyl groups excluding tert-OH is 7. The van der Waals surface area contributed by atoms with Crippen molar-refractivity contribution in [2.45, 2.75) is 42.7 Å². The van der Waals surface area contributed by atoms with Gasteiger partial charge in [-0.3, -0.25) is 0 Å². The molecule has 17 heavy (non-hydrogen) atoms. The van der Waals surface area contributed by atoms with E-state index in [9.17, 15) is 25.5 Å². The van der Waals surface area contributed by atoms with E-state index in [2.05, 4.69) is 0 Å².